The van der Waals surface area contributed by atoms with Crippen molar-refractivity contribution in [3.63, 3.8) is 0 Å². The molecule has 0 atom stereocenters. The molecule has 0 radical (unpaired) electrons. The predicted octanol–water partition coefficient (Wildman–Crippen LogP) is 29.0. The van der Waals surface area contributed by atoms with Crippen molar-refractivity contribution in [1.82, 2.24) is 9.13 Å². The van der Waals surface area contributed by atoms with Gasteiger partial charge in [-0.15, -0.1) is 0 Å². The van der Waals surface area contributed by atoms with Gasteiger partial charge in [0.2, 0.25) is 0 Å². The number of carbonyl (C=O) groups is 1. The summed E-state index contributed by atoms with van der Waals surface area (Å²) in [4.78, 5) is 16.1. The number of para-hydroxylation sites is 2. The van der Waals surface area contributed by atoms with Gasteiger partial charge in [-0.3, -0.25) is 4.79 Å². The van der Waals surface area contributed by atoms with Crippen LogP contribution in [0.3, 0.4) is 0 Å². The number of aromatic nitrogens is 2. The van der Waals surface area contributed by atoms with E-state index in [9.17, 15) is 4.79 Å². The lowest BCUT2D eigenvalue weighted by atomic mass is 9.82. The molecule has 115 heavy (non-hydrogen) atoms. The molecule has 1 fully saturated rings. The highest BCUT2D eigenvalue weighted by molar-refractivity contribution is 6.12. The summed E-state index contributed by atoms with van der Waals surface area (Å²) in [5.41, 5.74) is 35.4. The van der Waals surface area contributed by atoms with E-state index in [1.54, 1.807) is 0 Å². The molecule has 2 aromatic heterocycles. The molecule has 0 bridgehead atoms. The molecule has 6 heteroatoms. The molecule has 0 N–H and O–H groups in total. The van der Waals surface area contributed by atoms with Crippen molar-refractivity contribution >= 4 is 90.1 Å². The maximum atomic E-state index is 11.4. The van der Waals surface area contributed by atoms with E-state index in [1.165, 1.54) is 123 Å². The summed E-state index contributed by atoms with van der Waals surface area (Å²) in [7, 11) is 0. The van der Waals surface area contributed by atoms with Crippen LogP contribution >= 0.6 is 0 Å². The Balaban J connectivity index is 0.000000145. The van der Waals surface area contributed by atoms with E-state index in [2.05, 4.69) is 405 Å². The fraction of sp³-hybridized carbons (Fsp3) is 0.0917. The highest BCUT2D eigenvalue weighted by Gasteiger charge is 2.37. The van der Waals surface area contributed by atoms with Gasteiger partial charge in [0.15, 0.2) is 0 Å². The third kappa shape index (κ3) is 13.1. The number of aldehydes is 1. The first-order valence-electron chi connectivity index (χ1n) is 40.0. The normalized spacial score (nSPS) is 13.3. The third-order valence-electron chi connectivity index (χ3n) is 23.9. The van der Waals surface area contributed by atoms with Crippen molar-refractivity contribution in [3.05, 3.63) is 416 Å². The molecule has 1 aliphatic heterocycles. The van der Waals surface area contributed by atoms with E-state index in [0.29, 0.717) is 5.56 Å². The monoisotopic (exact) mass is 1480 g/mol. The first-order valence-corrected chi connectivity index (χ1v) is 40.0. The van der Waals surface area contributed by atoms with Crippen LogP contribution in [-0.4, -0.2) is 28.6 Å². The van der Waals surface area contributed by atoms with Crippen LogP contribution in [-0.2, 0) is 15.6 Å². The zero-order valence-electron chi connectivity index (χ0n) is 65.1. The fourth-order valence-electron chi connectivity index (χ4n) is 17.9. The van der Waals surface area contributed by atoms with E-state index in [1.807, 2.05) is 30.3 Å². The van der Waals surface area contributed by atoms with E-state index in [0.717, 1.165) is 92.7 Å². The third-order valence-corrected chi connectivity index (χ3v) is 23.9. The van der Waals surface area contributed by atoms with Gasteiger partial charge in [0.1, 0.15) is 6.29 Å². The predicted molar refractivity (Wildman–Crippen MR) is 483 cm³/mol. The molecule has 0 unspecified atom stereocenters. The standard InChI is InChI=1S/C53H40N2.C52H38N2O.C4H8O/c1-4-36-18-25-43(26-19-36)55-51-17-11-9-15-47(51)48-34-40(24-33-52(48)55)39-22-29-42(30-23-39)54(41-27-20-38(21-28-41)37-12-6-5-7-13-37)44-31-32-46-45-14-8-10-16-49(45)53(2,3)50(46)35-44;1-52(2)48-14-8-6-12-44(48)45-30-29-43(33-49(45)52)53(40-25-18-37(19-26-40)36-10-4-3-5-11-36)41-27-20-38(21-28-41)39-22-31-51-47(32-39)46-13-7-9-15-50(46)54(51)42-23-16-35(34-55)17-24-42;1-2-4-5-3-1/h4-35H,1H2,2-3H3;3-34H,1-2H3;1-4H2. The molecular formula is C109H86N4O2. The molecule has 21 rings (SSSR count). The molecule has 6 nitrogen and oxygen atoms in total. The van der Waals surface area contributed by atoms with Gasteiger partial charge in [-0.1, -0.05) is 271 Å². The Bertz CT molecular complexity index is 6260. The van der Waals surface area contributed by atoms with Crippen LogP contribution in [0.5, 0.6) is 0 Å². The maximum absolute atomic E-state index is 11.4. The quantitative estimate of drug-likeness (QED) is 0.102. The number of ether oxygens (including phenoxy) is 1. The van der Waals surface area contributed by atoms with Crippen molar-refractivity contribution < 1.29 is 9.53 Å². The number of hydrogen-bond donors (Lipinski definition) is 0. The van der Waals surface area contributed by atoms with Crippen LogP contribution in [0.25, 0.3) is 128 Å². The molecule has 554 valence electrons. The number of hydrogen-bond acceptors (Lipinski definition) is 4. The van der Waals surface area contributed by atoms with Crippen molar-refractivity contribution in [2.75, 3.05) is 23.0 Å². The first kappa shape index (κ1) is 71.4. The van der Waals surface area contributed by atoms with Gasteiger partial charge >= 0.3 is 0 Å². The number of benzene rings is 16. The van der Waals surface area contributed by atoms with E-state index < -0.39 is 0 Å². The molecule has 0 amide bonds. The Morgan fingerprint density at radius 2 is 0.600 bits per heavy atom. The van der Waals surface area contributed by atoms with E-state index >= 15 is 0 Å². The van der Waals surface area contributed by atoms with Crippen LogP contribution in [0, 0.1) is 0 Å². The summed E-state index contributed by atoms with van der Waals surface area (Å²) in [5.74, 6) is 0. The number of rotatable bonds is 14. The second-order valence-corrected chi connectivity index (χ2v) is 31.4. The summed E-state index contributed by atoms with van der Waals surface area (Å²) in [6, 6.07) is 136. The van der Waals surface area contributed by atoms with Crippen LogP contribution in [0.1, 0.15) is 78.7 Å². The van der Waals surface area contributed by atoms with Gasteiger partial charge in [0.25, 0.3) is 0 Å². The average molecular weight is 1480 g/mol. The smallest absolute Gasteiger partial charge is 0.150 e. The fourth-order valence-corrected chi connectivity index (χ4v) is 17.9. The molecule has 1 saturated heterocycles. The molecule has 3 aliphatic rings. The summed E-state index contributed by atoms with van der Waals surface area (Å²) in [5, 5.41) is 4.88. The van der Waals surface area contributed by atoms with Gasteiger partial charge < -0.3 is 23.7 Å². The Morgan fingerprint density at radius 1 is 0.287 bits per heavy atom. The zero-order valence-corrected chi connectivity index (χ0v) is 65.1. The van der Waals surface area contributed by atoms with Crippen molar-refractivity contribution in [1.29, 1.82) is 0 Å². The van der Waals surface area contributed by atoms with Gasteiger partial charge in [-0.05, 0) is 253 Å². The summed E-state index contributed by atoms with van der Waals surface area (Å²) < 4.78 is 9.59. The second kappa shape index (κ2) is 30.0. The van der Waals surface area contributed by atoms with Gasteiger partial charge in [-0.2, -0.15) is 0 Å². The minimum absolute atomic E-state index is 0.0918. The lowest BCUT2D eigenvalue weighted by Crippen LogP contribution is -2.16. The Labute approximate surface area is 673 Å². The number of nitrogens with zero attached hydrogens (tertiary/aromatic N) is 4. The zero-order chi connectivity index (χ0) is 77.7. The topological polar surface area (TPSA) is 42.6 Å². The number of fused-ring (bicyclic) bond motifs is 12. The lowest BCUT2D eigenvalue weighted by molar-refractivity contribution is 0.112. The van der Waals surface area contributed by atoms with Gasteiger partial charge in [0, 0.05) is 96.7 Å². The maximum Gasteiger partial charge on any atom is 0.150 e. The van der Waals surface area contributed by atoms with Gasteiger partial charge in [-0.25, -0.2) is 0 Å². The highest BCUT2D eigenvalue weighted by Crippen LogP contribution is 2.53. The number of anilines is 6. The molecule has 2 aliphatic carbocycles. The summed E-state index contributed by atoms with van der Waals surface area (Å²) in [6.07, 6.45) is 5.33. The number of carbonyl (C=O) groups excluding carboxylic acids is 1. The average Bonchev–Trinajstić information content (AvgIpc) is 1.60. The van der Waals surface area contributed by atoms with Crippen molar-refractivity contribution in [2.45, 2.75) is 51.4 Å². The first-order chi connectivity index (χ1) is 56.4. The van der Waals surface area contributed by atoms with E-state index in [-0.39, 0.29) is 10.8 Å². The molecule has 18 aromatic rings. The minimum Gasteiger partial charge on any atom is -0.381 e. The lowest BCUT2D eigenvalue weighted by Gasteiger charge is -2.28. The van der Waals surface area contributed by atoms with Gasteiger partial charge in [0.05, 0.1) is 22.1 Å². The van der Waals surface area contributed by atoms with Crippen LogP contribution in [0.15, 0.2) is 383 Å². The minimum atomic E-state index is -0.102. The SMILES string of the molecule is C1CCOC1.C=Cc1ccc(-n2c3ccccc3c3cc(-c4ccc(N(c5ccc(-c6ccccc6)cc5)c5ccc6c(c5)C(C)(C)c5ccccc5-6)cc4)ccc32)cc1.CC1(C)c2ccccc2-c2ccc(N(c3ccc(-c4ccccc4)cc3)c3ccc(-c4ccc5c(c4)c4ccccc4n5-c4ccc(C=O)cc4)cc3)cc21. The Hall–Kier alpha value is -13.9. The van der Waals surface area contributed by atoms with Crippen LogP contribution in [0.2, 0.25) is 0 Å². The largest absolute Gasteiger partial charge is 0.381 e. The van der Waals surface area contributed by atoms with Crippen LogP contribution < -0.4 is 9.80 Å². The molecule has 16 aromatic carbocycles. The Kier molecular flexibility index (Phi) is 18.6. The van der Waals surface area contributed by atoms with Crippen LogP contribution in [0.4, 0.5) is 34.1 Å². The Morgan fingerprint density at radius 3 is 0.974 bits per heavy atom. The van der Waals surface area contributed by atoms with Crippen molar-refractivity contribution in [2.24, 2.45) is 0 Å². The summed E-state index contributed by atoms with van der Waals surface area (Å²) in [6.45, 7) is 15.3. The molecule has 3 heterocycles. The molecule has 0 saturated carbocycles. The molecule has 0 spiro atoms. The summed E-state index contributed by atoms with van der Waals surface area (Å²) >= 11 is 0. The van der Waals surface area contributed by atoms with Crippen molar-refractivity contribution in [3.8, 4) is 78.1 Å². The highest BCUT2D eigenvalue weighted by atomic mass is 16.5. The molecular weight excluding hydrogens is 1400 g/mol. The second-order valence-electron chi connectivity index (χ2n) is 31.4. The van der Waals surface area contributed by atoms with E-state index in [4.69, 9.17) is 4.74 Å².